The fourth-order valence-corrected chi connectivity index (χ4v) is 2.36. The Kier molecular flexibility index (Phi) is 5.63. The van der Waals surface area contributed by atoms with E-state index in [1.807, 2.05) is 57.2 Å². The van der Waals surface area contributed by atoms with E-state index in [2.05, 4.69) is 5.32 Å². The molecule has 0 saturated heterocycles. The number of carbonyl (C=O) groups is 1. The number of aryl methyl sites for hydroxylation is 2. The second kappa shape index (κ2) is 7.68. The number of carbonyl (C=O) groups excluding carboxylic acids is 1. The third kappa shape index (κ3) is 4.25. The second-order valence-electron chi connectivity index (χ2n) is 5.47. The molecule has 0 aromatic heterocycles. The van der Waals surface area contributed by atoms with Gasteiger partial charge in [-0.15, -0.1) is 0 Å². The Hall–Kier alpha value is -2.49. The summed E-state index contributed by atoms with van der Waals surface area (Å²) >= 11 is 0. The van der Waals surface area contributed by atoms with Gasteiger partial charge in [0.15, 0.2) is 17.6 Å². The Morgan fingerprint density at radius 2 is 1.83 bits per heavy atom. The fourth-order valence-electron chi connectivity index (χ4n) is 2.36. The zero-order chi connectivity index (χ0) is 16.8. The predicted octanol–water partition coefficient (Wildman–Crippen LogP) is 4.11. The van der Waals surface area contributed by atoms with Crippen LogP contribution in [0, 0.1) is 13.8 Å². The highest BCUT2D eigenvalue weighted by Crippen LogP contribution is 2.27. The van der Waals surface area contributed by atoms with Crippen molar-refractivity contribution >= 4 is 11.6 Å². The Morgan fingerprint density at radius 1 is 1.13 bits per heavy atom. The van der Waals surface area contributed by atoms with Crippen LogP contribution in [0.4, 0.5) is 5.69 Å². The van der Waals surface area contributed by atoms with Crippen LogP contribution in [0.1, 0.15) is 24.5 Å². The molecule has 2 aromatic carbocycles. The average molecular weight is 313 g/mol. The molecule has 0 aliphatic rings. The Bertz CT molecular complexity index is 682. The number of ether oxygens (including phenoxy) is 2. The fraction of sp³-hybridized carbons (Fsp3) is 0.316. The largest absolute Gasteiger partial charge is 0.493 e. The molecular weight excluding hydrogens is 290 g/mol. The Labute approximate surface area is 137 Å². The first-order chi connectivity index (χ1) is 11.0. The molecule has 0 heterocycles. The quantitative estimate of drug-likeness (QED) is 0.873. The SMILES string of the molecule is CCC(Oc1ccccc1OC)C(=O)Nc1ccc(C)cc1C. The second-order valence-corrected chi connectivity index (χ2v) is 5.47. The van der Waals surface area contributed by atoms with E-state index in [1.165, 1.54) is 0 Å². The summed E-state index contributed by atoms with van der Waals surface area (Å²) in [5.74, 6) is 1.02. The summed E-state index contributed by atoms with van der Waals surface area (Å²) in [5.41, 5.74) is 3.01. The van der Waals surface area contributed by atoms with E-state index in [0.717, 1.165) is 16.8 Å². The minimum absolute atomic E-state index is 0.162. The topological polar surface area (TPSA) is 47.6 Å². The molecule has 122 valence electrons. The number of amides is 1. The molecule has 1 amide bonds. The molecule has 0 fully saturated rings. The maximum Gasteiger partial charge on any atom is 0.265 e. The van der Waals surface area contributed by atoms with Crippen LogP contribution in [0.3, 0.4) is 0 Å². The van der Waals surface area contributed by atoms with Gasteiger partial charge in [0, 0.05) is 5.69 Å². The van der Waals surface area contributed by atoms with Gasteiger partial charge in [0.1, 0.15) is 0 Å². The Morgan fingerprint density at radius 3 is 2.43 bits per heavy atom. The highest BCUT2D eigenvalue weighted by atomic mass is 16.5. The summed E-state index contributed by atoms with van der Waals surface area (Å²) in [4.78, 5) is 12.5. The molecule has 0 aliphatic heterocycles. The number of hydrogen-bond donors (Lipinski definition) is 1. The van der Waals surface area contributed by atoms with Gasteiger partial charge in [-0.25, -0.2) is 0 Å². The van der Waals surface area contributed by atoms with Crippen LogP contribution in [-0.4, -0.2) is 19.1 Å². The lowest BCUT2D eigenvalue weighted by atomic mass is 10.1. The molecule has 4 heteroatoms. The third-order valence-electron chi connectivity index (χ3n) is 3.64. The zero-order valence-corrected chi connectivity index (χ0v) is 14.1. The van der Waals surface area contributed by atoms with Crippen LogP contribution in [0.5, 0.6) is 11.5 Å². The number of methoxy groups -OCH3 is 1. The standard InChI is InChI=1S/C19H23NO3/c1-5-16(23-18-9-7-6-8-17(18)22-4)19(21)20-15-11-10-13(2)12-14(15)3/h6-12,16H,5H2,1-4H3,(H,20,21). The molecule has 0 bridgehead atoms. The van der Waals surface area contributed by atoms with E-state index in [-0.39, 0.29) is 5.91 Å². The van der Waals surface area contributed by atoms with E-state index in [4.69, 9.17) is 9.47 Å². The van der Waals surface area contributed by atoms with Gasteiger partial charge in [-0.3, -0.25) is 4.79 Å². The lowest BCUT2D eigenvalue weighted by Gasteiger charge is -2.19. The number of anilines is 1. The van der Waals surface area contributed by atoms with Gasteiger partial charge in [-0.05, 0) is 44.0 Å². The van der Waals surface area contributed by atoms with Crippen molar-refractivity contribution in [3.8, 4) is 11.5 Å². The smallest absolute Gasteiger partial charge is 0.265 e. The molecule has 0 spiro atoms. The number of para-hydroxylation sites is 2. The van der Waals surface area contributed by atoms with Gasteiger partial charge in [-0.2, -0.15) is 0 Å². The van der Waals surface area contributed by atoms with Crippen molar-refractivity contribution in [2.75, 3.05) is 12.4 Å². The van der Waals surface area contributed by atoms with Crippen molar-refractivity contribution in [1.82, 2.24) is 0 Å². The molecular formula is C19H23NO3. The van der Waals surface area contributed by atoms with Gasteiger partial charge >= 0.3 is 0 Å². The van der Waals surface area contributed by atoms with E-state index >= 15 is 0 Å². The summed E-state index contributed by atoms with van der Waals surface area (Å²) in [6.07, 6.45) is -0.0126. The van der Waals surface area contributed by atoms with Gasteiger partial charge in [-0.1, -0.05) is 36.8 Å². The lowest BCUT2D eigenvalue weighted by Crippen LogP contribution is -2.32. The molecule has 1 atom stereocenters. The molecule has 1 N–H and O–H groups in total. The average Bonchev–Trinajstić information content (AvgIpc) is 2.55. The molecule has 23 heavy (non-hydrogen) atoms. The van der Waals surface area contributed by atoms with E-state index < -0.39 is 6.10 Å². The van der Waals surface area contributed by atoms with E-state index in [1.54, 1.807) is 13.2 Å². The van der Waals surface area contributed by atoms with Crippen molar-refractivity contribution in [2.24, 2.45) is 0 Å². The number of nitrogens with one attached hydrogen (secondary N) is 1. The molecule has 2 aromatic rings. The van der Waals surface area contributed by atoms with Crippen LogP contribution in [0.25, 0.3) is 0 Å². The van der Waals surface area contributed by atoms with Gasteiger partial charge in [0.25, 0.3) is 5.91 Å². The first-order valence-corrected chi connectivity index (χ1v) is 7.73. The van der Waals surface area contributed by atoms with Gasteiger partial charge < -0.3 is 14.8 Å². The van der Waals surface area contributed by atoms with Crippen molar-refractivity contribution in [3.63, 3.8) is 0 Å². The zero-order valence-electron chi connectivity index (χ0n) is 14.1. The summed E-state index contributed by atoms with van der Waals surface area (Å²) in [7, 11) is 1.58. The van der Waals surface area contributed by atoms with Crippen LogP contribution in [0.15, 0.2) is 42.5 Å². The lowest BCUT2D eigenvalue weighted by molar-refractivity contribution is -0.122. The molecule has 0 aliphatic carbocycles. The number of hydrogen-bond acceptors (Lipinski definition) is 3. The first-order valence-electron chi connectivity index (χ1n) is 7.73. The van der Waals surface area contributed by atoms with Gasteiger partial charge in [0.2, 0.25) is 0 Å². The Balaban J connectivity index is 2.12. The highest BCUT2D eigenvalue weighted by molar-refractivity contribution is 5.95. The van der Waals surface area contributed by atoms with Crippen LogP contribution < -0.4 is 14.8 Å². The first kappa shape index (κ1) is 16.9. The van der Waals surface area contributed by atoms with Crippen molar-refractivity contribution in [2.45, 2.75) is 33.3 Å². The summed E-state index contributed by atoms with van der Waals surface area (Å²) in [5, 5.41) is 2.94. The summed E-state index contributed by atoms with van der Waals surface area (Å²) in [6.45, 7) is 5.92. The van der Waals surface area contributed by atoms with Gasteiger partial charge in [0.05, 0.1) is 7.11 Å². The monoisotopic (exact) mass is 313 g/mol. The van der Waals surface area contributed by atoms with Crippen LogP contribution >= 0.6 is 0 Å². The molecule has 1 unspecified atom stereocenters. The van der Waals surface area contributed by atoms with Crippen molar-refractivity contribution < 1.29 is 14.3 Å². The molecule has 4 nitrogen and oxygen atoms in total. The van der Waals surface area contributed by atoms with Crippen LogP contribution in [0.2, 0.25) is 0 Å². The van der Waals surface area contributed by atoms with Crippen molar-refractivity contribution in [1.29, 1.82) is 0 Å². The molecule has 0 saturated carbocycles. The third-order valence-corrected chi connectivity index (χ3v) is 3.64. The van der Waals surface area contributed by atoms with Crippen LogP contribution in [-0.2, 0) is 4.79 Å². The normalized spacial score (nSPS) is 11.7. The minimum atomic E-state index is -0.577. The predicted molar refractivity (Wildman–Crippen MR) is 92.2 cm³/mol. The van der Waals surface area contributed by atoms with E-state index in [0.29, 0.717) is 17.9 Å². The number of benzene rings is 2. The summed E-state index contributed by atoms with van der Waals surface area (Å²) in [6, 6.07) is 13.3. The summed E-state index contributed by atoms with van der Waals surface area (Å²) < 4.78 is 11.1. The van der Waals surface area contributed by atoms with Crippen molar-refractivity contribution in [3.05, 3.63) is 53.6 Å². The maximum atomic E-state index is 12.5. The molecule has 2 rings (SSSR count). The number of rotatable bonds is 6. The highest BCUT2D eigenvalue weighted by Gasteiger charge is 2.20. The van der Waals surface area contributed by atoms with E-state index in [9.17, 15) is 4.79 Å². The minimum Gasteiger partial charge on any atom is -0.493 e. The molecule has 0 radical (unpaired) electrons. The maximum absolute atomic E-state index is 12.5.